The van der Waals surface area contributed by atoms with Gasteiger partial charge in [-0.25, -0.2) is 4.79 Å². The van der Waals surface area contributed by atoms with Gasteiger partial charge in [-0.3, -0.25) is 19.7 Å². The van der Waals surface area contributed by atoms with Crippen LogP contribution in [0.25, 0.3) is 0 Å². The van der Waals surface area contributed by atoms with Crippen LogP contribution in [0, 0.1) is 56.5 Å². The molecule has 3 saturated carbocycles. The summed E-state index contributed by atoms with van der Waals surface area (Å²) < 4.78 is 21.5. The summed E-state index contributed by atoms with van der Waals surface area (Å²) >= 11 is 0. The lowest BCUT2D eigenvalue weighted by molar-refractivity contribution is -0.384. The predicted molar refractivity (Wildman–Crippen MR) is 208 cm³/mol. The van der Waals surface area contributed by atoms with Crippen LogP contribution in [0.2, 0.25) is 0 Å². The maximum absolute atomic E-state index is 12.9. The molecule has 2 aromatic carbocycles. The first kappa shape index (κ1) is 40.5. The molecule has 3 fully saturated rings. The van der Waals surface area contributed by atoms with Crippen LogP contribution in [-0.2, 0) is 25.7 Å². The van der Waals surface area contributed by atoms with E-state index in [1.165, 1.54) is 74.8 Å². The molecule has 4 aliphatic rings. The average molecular weight is 758 g/mol. The van der Waals surface area contributed by atoms with Crippen LogP contribution in [0.1, 0.15) is 124 Å². The van der Waals surface area contributed by atoms with Crippen molar-refractivity contribution in [3.63, 3.8) is 0 Å². The fourth-order valence-corrected chi connectivity index (χ4v) is 10.9. The van der Waals surface area contributed by atoms with E-state index in [1.807, 2.05) is 0 Å². The first-order chi connectivity index (χ1) is 26.2. The van der Waals surface area contributed by atoms with Gasteiger partial charge in [-0.05, 0) is 121 Å². The van der Waals surface area contributed by atoms with Gasteiger partial charge in [0.1, 0.15) is 24.2 Å². The number of hydrogen-bond acceptors (Lipinski definition) is 9. The maximum Gasteiger partial charge on any atom is 0.514 e. The van der Waals surface area contributed by atoms with Crippen LogP contribution in [0.4, 0.5) is 10.5 Å². The minimum Gasteiger partial charge on any atom is -0.462 e. The topological polar surface area (TPSA) is 131 Å². The van der Waals surface area contributed by atoms with Crippen molar-refractivity contribution in [3.8, 4) is 11.5 Å². The molecule has 0 saturated heterocycles. The molecule has 0 amide bonds. The second-order valence-electron chi connectivity index (χ2n) is 17.7. The average Bonchev–Trinajstić information content (AvgIpc) is 3.51. The number of nitro groups is 1. The molecule has 298 valence electrons. The van der Waals surface area contributed by atoms with Gasteiger partial charge in [-0.2, -0.15) is 0 Å². The van der Waals surface area contributed by atoms with Crippen molar-refractivity contribution in [2.45, 2.75) is 131 Å². The number of esters is 2. The second kappa shape index (κ2) is 17.3. The minimum atomic E-state index is -0.964. The van der Waals surface area contributed by atoms with E-state index in [0.717, 1.165) is 55.3 Å². The molecule has 0 aliphatic heterocycles. The Morgan fingerprint density at radius 1 is 0.836 bits per heavy atom. The number of ether oxygens (including phenoxy) is 4. The Morgan fingerprint density at radius 3 is 2.24 bits per heavy atom. The van der Waals surface area contributed by atoms with E-state index in [9.17, 15) is 24.5 Å². The van der Waals surface area contributed by atoms with Crippen molar-refractivity contribution in [2.24, 2.45) is 46.3 Å². The molecule has 0 heterocycles. The molecule has 0 radical (unpaired) electrons. The number of carbonyl (C=O) groups excluding carboxylic acids is 3. The van der Waals surface area contributed by atoms with E-state index < -0.39 is 17.0 Å². The molecule has 10 nitrogen and oxygen atoms in total. The minimum absolute atomic E-state index is 0.0452. The Kier molecular flexibility index (Phi) is 12.7. The molecule has 8 atom stereocenters. The van der Waals surface area contributed by atoms with Crippen LogP contribution >= 0.6 is 0 Å². The molecule has 6 rings (SSSR count). The Morgan fingerprint density at radius 2 is 1.53 bits per heavy atom. The van der Waals surface area contributed by atoms with Gasteiger partial charge in [0.25, 0.3) is 5.69 Å². The number of nitrogens with zero attached hydrogens (tertiary/aromatic N) is 1. The Bertz CT molecular complexity index is 1720. The monoisotopic (exact) mass is 757 g/mol. The summed E-state index contributed by atoms with van der Waals surface area (Å²) in [4.78, 5) is 47.7. The normalized spacial score (nSPS) is 28.8. The van der Waals surface area contributed by atoms with Gasteiger partial charge in [0.05, 0.1) is 17.8 Å². The summed E-state index contributed by atoms with van der Waals surface area (Å²) in [6, 6.07) is 11.5. The number of rotatable bonds is 14. The van der Waals surface area contributed by atoms with Crippen LogP contribution < -0.4 is 9.47 Å². The molecule has 4 aliphatic carbocycles. The van der Waals surface area contributed by atoms with E-state index >= 15 is 0 Å². The lowest BCUT2D eigenvalue weighted by Crippen LogP contribution is -2.51. The van der Waals surface area contributed by atoms with Crippen LogP contribution in [0.15, 0.2) is 60.2 Å². The zero-order valence-corrected chi connectivity index (χ0v) is 33.3. The number of benzene rings is 2. The van der Waals surface area contributed by atoms with Gasteiger partial charge < -0.3 is 18.9 Å². The van der Waals surface area contributed by atoms with Gasteiger partial charge in [-0.1, -0.05) is 77.7 Å². The zero-order valence-electron chi connectivity index (χ0n) is 33.3. The van der Waals surface area contributed by atoms with Gasteiger partial charge in [0, 0.05) is 18.6 Å². The molecule has 0 bridgehead atoms. The van der Waals surface area contributed by atoms with Crippen molar-refractivity contribution in [1.82, 2.24) is 0 Å². The van der Waals surface area contributed by atoms with Crippen LogP contribution in [0.3, 0.4) is 0 Å². The second-order valence-corrected chi connectivity index (χ2v) is 17.7. The number of fused-ring (bicyclic) bond motifs is 5. The van der Waals surface area contributed by atoms with E-state index in [2.05, 4.69) is 40.7 Å². The van der Waals surface area contributed by atoms with Crippen LogP contribution in [-0.4, -0.2) is 29.1 Å². The first-order valence-corrected chi connectivity index (χ1v) is 20.5. The standard InChI is InChI=1S/C45H59NO9/c1-29(2)7-6-8-30(3)38-19-20-39-37-18-11-32-27-36(23-25-44(32,4)40(37)24-26-45(38,39)5)54-42(48)22-21-41(47)53-34-14-9-31(10-15-34)28-52-43(49)55-35-16-12-33(13-17-35)46(50)51/h9-17,29-30,36-40H,6-8,18-28H2,1-5H3/t30-,36+,37+,38-,39+,40+,44+,45-/m1/s1. The van der Waals surface area contributed by atoms with Gasteiger partial charge in [0.15, 0.2) is 0 Å². The molecule has 0 N–H and O–H groups in total. The highest BCUT2D eigenvalue weighted by Crippen LogP contribution is 2.67. The highest BCUT2D eigenvalue weighted by molar-refractivity contribution is 5.79. The van der Waals surface area contributed by atoms with Crippen molar-refractivity contribution < 1.29 is 38.3 Å². The fraction of sp³-hybridized carbons (Fsp3) is 0.622. The van der Waals surface area contributed by atoms with Gasteiger partial charge >= 0.3 is 18.1 Å². The molecule has 10 heteroatoms. The lowest BCUT2D eigenvalue weighted by atomic mass is 9.47. The zero-order chi connectivity index (χ0) is 39.3. The van der Waals surface area contributed by atoms with E-state index in [-0.39, 0.29) is 48.4 Å². The summed E-state index contributed by atoms with van der Waals surface area (Å²) in [6.45, 7) is 12.3. The van der Waals surface area contributed by atoms with E-state index in [0.29, 0.717) is 22.6 Å². The third-order valence-corrected chi connectivity index (χ3v) is 13.9. The summed E-state index contributed by atoms with van der Waals surface area (Å²) in [7, 11) is 0. The molecule has 0 aromatic heterocycles. The largest absolute Gasteiger partial charge is 0.514 e. The number of nitro benzene ring substituents is 1. The van der Waals surface area contributed by atoms with Crippen molar-refractivity contribution in [3.05, 3.63) is 75.9 Å². The van der Waals surface area contributed by atoms with Crippen molar-refractivity contribution in [2.75, 3.05) is 0 Å². The Balaban J connectivity index is 0.918. The highest BCUT2D eigenvalue weighted by atomic mass is 16.7. The predicted octanol–water partition coefficient (Wildman–Crippen LogP) is 10.9. The van der Waals surface area contributed by atoms with Gasteiger partial charge in [0.2, 0.25) is 0 Å². The van der Waals surface area contributed by atoms with Crippen LogP contribution in [0.5, 0.6) is 11.5 Å². The molecule has 2 aromatic rings. The summed E-state index contributed by atoms with van der Waals surface area (Å²) in [6.07, 6.45) is 14.6. The number of allylic oxidation sites excluding steroid dienone is 1. The first-order valence-electron chi connectivity index (χ1n) is 20.5. The van der Waals surface area contributed by atoms with Crippen molar-refractivity contribution >= 4 is 23.8 Å². The molecule has 0 spiro atoms. The van der Waals surface area contributed by atoms with E-state index in [1.54, 1.807) is 24.3 Å². The quantitative estimate of drug-likeness (QED) is 0.0461. The third kappa shape index (κ3) is 9.43. The molecular weight excluding hydrogens is 698 g/mol. The number of carbonyl (C=O) groups is 3. The number of hydrogen-bond donors (Lipinski definition) is 0. The van der Waals surface area contributed by atoms with Crippen molar-refractivity contribution in [1.29, 1.82) is 0 Å². The third-order valence-electron chi connectivity index (χ3n) is 13.9. The Hall–Kier alpha value is -4.21. The summed E-state index contributed by atoms with van der Waals surface area (Å²) in [5, 5.41) is 10.8. The smallest absolute Gasteiger partial charge is 0.462 e. The van der Waals surface area contributed by atoms with Gasteiger partial charge in [-0.15, -0.1) is 0 Å². The SMILES string of the molecule is CC(C)CCC[C@@H](C)[C@H]1CC[C@H]2[C@@H]3CC=C4C[C@@H](OC(=O)CCC(=O)Oc5ccc(COC(=O)Oc6ccc([N+](=O)[O-])cc6)cc5)CC[C@]4(C)[C@H]3CC[C@]12C. The number of non-ortho nitro benzene ring substituents is 1. The molecular formula is C45H59NO9. The molecule has 0 unspecified atom stereocenters. The fourth-order valence-electron chi connectivity index (χ4n) is 10.9. The van der Waals surface area contributed by atoms with E-state index in [4.69, 9.17) is 18.9 Å². The Labute approximate surface area is 325 Å². The maximum atomic E-state index is 12.9. The molecule has 55 heavy (non-hydrogen) atoms. The highest BCUT2D eigenvalue weighted by Gasteiger charge is 2.59. The lowest BCUT2D eigenvalue weighted by Gasteiger charge is -2.58. The summed E-state index contributed by atoms with van der Waals surface area (Å²) in [5.41, 5.74) is 2.63. The summed E-state index contributed by atoms with van der Waals surface area (Å²) in [5.74, 6) is 4.24.